The quantitative estimate of drug-likeness (QED) is 0.592. The molecule has 0 aliphatic carbocycles. The predicted octanol–water partition coefficient (Wildman–Crippen LogP) is 1.59. The first-order valence-electron chi connectivity index (χ1n) is 5.95. The number of ether oxygens (including phenoxy) is 1. The van der Waals surface area contributed by atoms with Crippen LogP contribution < -0.4 is 5.32 Å². The third kappa shape index (κ3) is 8.85. The Balaban J connectivity index is 3.57. The maximum Gasteiger partial charge on any atom is 0.0477 e. The molecule has 0 aromatic rings. The average molecular weight is 216 g/mol. The van der Waals surface area contributed by atoms with Gasteiger partial charge in [0, 0.05) is 19.8 Å². The number of methoxy groups -OCH3 is 1. The summed E-state index contributed by atoms with van der Waals surface area (Å²) in [5.41, 5.74) is 0. The van der Waals surface area contributed by atoms with E-state index in [9.17, 15) is 0 Å². The molecule has 15 heavy (non-hydrogen) atoms. The minimum Gasteiger partial charge on any atom is -0.385 e. The Hall–Kier alpha value is -0.120. The van der Waals surface area contributed by atoms with Crippen molar-refractivity contribution in [2.75, 3.05) is 40.9 Å². The summed E-state index contributed by atoms with van der Waals surface area (Å²) >= 11 is 0. The molecule has 3 heteroatoms. The molecule has 0 amide bonds. The Bertz CT molecular complexity index is 138. The van der Waals surface area contributed by atoms with Gasteiger partial charge in [-0.1, -0.05) is 13.8 Å². The number of nitrogens with one attached hydrogen (secondary N) is 1. The van der Waals surface area contributed by atoms with Crippen molar-refractivity contribution in [3.05, 3.63) is 0 Å². The lowest BCUT2D eigenvalue weighted by Gasteiger charge is -2.22. The molecule has 1 atom stereocenters. The molecule has 0 spiro atoms. The van der Waals surface area contributed by atoms with E-state index in [1.807, 2.05) is 0 Å². The van der Waals surface area contributed by atoms with Crippen LogP contribution in [0.2, 0.25) is 0 Å². The molecule has 0 radical (unpaired) electrons. The van der Waals surface area contributed by atoms with Crippen LogP contribution in [0.5, 0.6) is 0 Å². The molecule has 0 heterocycles. The fraction of sp³-hybridized carbons (Fsp3) is 1.00. The lowest BCUT2D eigenvalue weighted by atomic mass is 10.0. The van der Waals surface area contributed by atoms with E-state index >= 15 is 0 Å². The Morgan fingerprint density at radius 3 is 2.40 bits per heavy atom. The van der Waals surface area contributed by atoms with Crippen molar-refractivity contribution in [3.8, 4) is 0 Å². The smallest absolute Gasteiger partial charge is 0.0477 e. The van der Waals surface area contributed by atoms with Gasteiger partial charge >= 0.3 is 0 Å². The van der Waals surface area contributed by atoms with E-state index in [2.05, 4.69) is 38.2 Å². The predicted molar refractivity (Wildman–Crippen MR) is 66.3 cm³/mol. The van der Waals surface area contributed by atoms with Crippen LogP contribution in [0.3, 0.4) is 0 Å². The summed E-state index contributed by atoms with van der Waals surface area (Å²) in [5.74, 6) is 0.680. The minimum absolute atomic E-state index is 0.590. The van der Waals surface area contributed by atoms with Crippen molar-refractivity contribution in [2.45, 2.75) is 32.7 Å². The Morgan fingerprint density at radius 1 is 1.27 bits per heavy atom. The molecule has 0 saturated heterocycles. The number of rotatable bonds is 9. The first-order valence-corrected chi connectivity index (χ1v) is 5.95. The lowest BCUT2D eigenvalue weighted by molar-refractivity contribution is 0.173. The molecule has 0 aliphatic heterocycles. The summed E-state index contributed by atoms with van der Waals surface area (Å²) in [5, 5.41) is 3.60. The zero-order valence-electron chi connectivity index (χ0n) is 11.0. The molecular formula is C12H28N2O. The molecule has 1 N–H and O–H groups in total. The van der Waals surface area contributed by atoms with Gasteiger partial charge in [-0.2, -0.15) is 0 Å². The highest BCUT2D eigenvalue weighted by atomic mass is 16.5. The van der Waals surface area contributed by atoms with Crippen molar-refractivity contribution in [3.63, 3.8) is 0 Å². The van der Waals surface area contributed by atoms with Crippen molar-refractivity contribution >= 4 is 0 Å². The van der Waals surface area contributed by atoms with E-state index in [1.165, 1.54) is 6.42 Å². The van der Waals surface area contributed by atoms with E-state index in [0.717, 1.165) is 26.1 Å². The van der Waals surface area contributed by atoms with E-state index < -0.39 is 0 Å². The molecule has 0 aliphatic rings. The maximum absolute atomic E-state index is 5.12. The highest BCUT2D eigenvalue weighted by Gasteiger charge is 2.11. The largest absolute Gasteiger partial charge is 0.385 e. The molecule has 3 nitrogen and oxygen atoms in total. The monoisotopic (exact) mass is 216 g/mol. The van der Waals surface area contributed by atoms with Crippen molar-refractivity contribution in [1.82, 2.24) is 10.2 Å². The van der Waals surface area contributed by atoms with Gasteiger partial charge in [0.25, 0.3) is 0 Å². The third-order valence-electron chi connectivity index (χ3n) is 2.63. The number of nitrogens with zero attached hydrogens (tertiary/aromatic N) is 1. The van der Waals surface area contributed by atoms with Crippen LogP contribution in [0.4, 0.5) is 0 Å². The molecule has 0 bridgehead atoms. The zero-order valence-corrected chi connectivity index (χ0v) is 11.0. The molecular weight excluding hydrogens is 188 g/mol. The second-order valence-electron chi connectivity index (χ2n) is 4.74. The maximum atomic E-state index is 5.12. The summed E-state index contributed by atoms with van der Waals surface area (Å²) in [6.45, 7) is 7.63. The van der Waals surface area contributed by atoms with Crippen LogP contribution in [-0.4, -0.2) is 51.8 Å². The van der Waals surface area contributed by atoms with Gasteiger partial charge in [0.15, 0.2) is 0 Å². The Morgan fingerprint density at radius 2 is 1.93 bits per heavy atom. The summed E-state index contributed by atoms with van der Waals surface area (Å²) < 4.78 is 5.12. The van der Waals surface area contributed by atoms with Crippen molar-refractivity contribution < 1.29 is 4.74 Å². The van der Waals surface area contributed by atoms with E-state index in [4.69, 9.17) is 4.74 Å². The molecule has 1 unspecified atom stereocenters. The van der Waals surface area contributed by atoms with Crippen LogP contribution in [-0.2, 0) is 4.74 Å². The molecule has 92 valence electrons. The second kappa shape index (κ2) is 9.13. The summed E-state index contributed by atoms with van der Waals surface area (Å²) in [7, 11) is 6.00. The molecule has 0 fully saturated rings. The van der Waals surface area contributed by atoms with Crippen molar-refractivity contribution in [1.29, 1.82) is 0 Å². The van der Waals surface area contributed by atoms with Crippen LogP contribution in [0, 0.1) is 5.92 Å². The van der Waals surface area contributed by atoms with Gasteiger partial charge in [-0.05, 0) is 45.9 Å². The summed E-state index contributed by atoms with van der Waals surface area (Å²) in [6, 6.07) is 0.590. The molecule has 0 rings (SSSR count). The second-order valence-corrected chi connectivity index (χ2v) is 4.74. The van der Waals surface area contributed by atoms with E-state index in [0.29, 0.717) is 12.0 Å². The topological polar surface area (TPSA) is 24.5 Å². The van der Waals surface area contributed by atoms with Gasteiger partial charge in [0.2, 0.25) is 0 Å². The standard InChI is InChI=1S/C12H28N2O/c1-11(2)12(7-10-15-5)13-8-6-9-14(3)4/h11-13H,6-10H2,1-5H3. The molecule has 0 saturated carbocycles. The van der Waals surface area contributed by atoms with Crippen molar-refractivity contribution in [2.24, 2.45) is 5.92 Å². The van der Waals surface area contributed by atoms with Gasteiger partial charge < -0.3 is 15.0 Å². The van der Waals surface area contributed by atoms with E-state index in [1.54, 1.807) is 7.11 Å². The molecule has 0 aromatic carbocycles. The van der Waals surface area contributed by atoms with E-state index in [-0.39, 0.29) is 0 Å². The van der Waals surface area contributed by atoms with Gasteiger partial charge in [0.1, 0.15) is 0 Å². The Kier molecular flexibility index (Phi) is 9.06. The van der Waals surface area contributed by atoms with Gasteiger partial charge in [-0.3, -0.25) is 0 Å². The molecule has 0 aromatic heterocycles. The number of hydrogen-bond donors (Lipinski definition) is 1. The summed E-state index contributed by atoms with van der Waals surface area (Å²) in [6.07, 6.45) is 2.32. The first kappa shape index (κ1) is 14.9. The normalized spacial score (nSPS) is 13.8. The van der Waals surface area contributed by atoms with Gasteiger partial charge in [0.05, 0.1) is 0 Å². The Labute approximate surface area is 95.2 Å². The average Bonchev–Trinajstić information content (AvgIpc) is 2.15. The third-order valence-corrected chi connectivity index (χ3v) is 2.63. The summed E-state index contributed by atoms with van der Waals surface area (Å²) in [4.78, 5) is 2.22. The van der Waals surface area contributed by atoms with Gasteiger partial charge in [-0.15, -0.1) is 0 Å². The van der Waals surface area contributed by atoms with Crippen LogP contribution in [0.25, 0.3) is 0 Å². The highest BCUT2D eigenvalue weighted by Crippen LogP contribution is 2.05. The van der Waals surface area contributed by atoms with Gasteiger partial charge in [-0.25, -0.2) is 0 Å². The highest BCUT2D eigenvalue weighted by molar-refractivity contribution is 4.70. The van der Waals surface area contributed by atoms with Crippen LogP contribution >= 0.6 is 0 Å². The SMILES string of the molecule is COCCC(NCCCN(C)C)C(C)C. The fourth-order valence-electron chi connectivity index (χ4n) is 1.60. The lowest BCUT2D eigenvalue weighted by Crippen LogP contribution is -2.36. The van der Waals surface area contributed by atoms with Crippen LogP contribution in [0.1, 0.15) is 26.7 Å². The first-order chi connectivity index (χ1) is 7.07. The minimum atomic E-state index is 0.590. The van der Waals surface area contributed by atoms with Crippen LogP contribution in [0.15, 0.2) is 0 Å². The fourth-order valence-corrected chi connectivity index (χ4v) is 1.60. The number of hydrogen-bond acceptors (Lipinski definition) is 3. The zero-order chi connectivity index (χ0) is 11.7.